The monoisotopic (exact) mass is 236 g/mol. The second kappa shape index (κ2) is 3.98. The summed E-state index contributed by atoms with van der Waals surface area (Å²) in [5.74, 6) is 0. The van der Waals surface area contributed by atoms with E-state index in [0.29, 0.717) is 0 Å². The molecule has 0 saturated carbocycles. The van der Waals surface area contributed by atoms with Crippen molar-refractivity contribution in [3.8, 4) is 11.1 Å². The topological polar surface area (TPSA) is 28.7 Å². The molecule has 2 nitrogen and oxygen atoms in total. The Kier molecular flexibility index (Phi) is 2.44. The van der Waals surface area contributed by atoms with E-state index in [1.165, 1.54) is 27.8 Å². The summed E-state index contributed by atoms with van der Waals surface area (Å²) >= 11 is 0. The first kappa shape index (κ1) is 11.0. The van der Waals surface area contributed by atoms with Crippen LogP contribution in [-0.4, -0.2) is 9.97 Å². The lowest BCUT2D eigenvalue weighted by Crippen LogP contribution is -1.89. The fraction of sp³-hybridized carbons (Fsp3) is 0.188. The van der Waals surface area contributed by atoms with Crippen molar-refractivity contribution >= 4 is 11.0 Å². The van der Waals surface area contributed by atoms with Gasteiger partial charge in [-0.3, -0.25) is 4.98 Å². The van der Waals surface area contributed by atoms with Gasteiger partial charge in [0.15, 0.2) is 0 Å². The molecule has 0 spiro atoms. The van der Waals surface area contributed by atoms with Gasteiger partial charge in [0, 0.05) is 18.0 Å². The lowest BCUT2D eigenvalue weighted by atomic mass is 9.95. The first-order chi connectivity index (χ1) is 8.66. The van der Waals surface area contributed by atoms with Crippen LogP contribution in [0.2, 0.25) is 0 Å². The Morgan fingerprint density at radius 1 is 1.06 bits per heavy atom. The molecule has 3 aromatic rings. The highest BCUT2D eigenvalue weighted by molar-refractivity contribution is 5.94. The summed E-state index contributed by atoms with van der Waals surface area (Å²) in [6.07, 6.45) is 3.90. The number of rotatable bonds is 1. The van der Waals surface area contributed by atoms with Crippen molar-refractivity contribution in [1.82, 2.24) is 9.97 Å². The molecule has 0 aliphatic carbocycles. The minimum absolute atomic E-state index is 1.05. The largest absolute Gasteiger partial charge is 0.359 e. The molecule has 90 valence electrons. The van der Waals surface area contributed by atoms with E-state index >= 15 is 0 Å². The van der Waals surface area contributed by atoms with Crippen LogP contribution in [0.5, 0.6) is 0 Å². The Morgan fingerprint density at radius 3 is 2.50 bits per heavy atom. The molecule has 0 atom stereocenters. The average Bonchev–Trinajstić information content (AvgIpc) is 2.72. The summed E-state index contributed by atoms with van der Waals surface area (Å²) < 4.78 is 0. The Morgan fingerprint density at radius 2 is 1.78 bits per heavy atom. The number of aromatic nitrogens is 2. The predicted octanol–water partition coefficient (Wildman–Crippen LogP) is 4.16. The number of hydrogen-bond donors (Lipinski definition) is 1. The van der Waals surface area contributed by atoms with Crippen LogP contribution in [0.4, 0.5) is 0 Å². The highest BCUT2D eigenvalue weighted by Gasteiger charge is 2.11. The van der Waals surface area contributed by atoms with Gasteiger partial charge in [-0.15, -0.1) is 0 Å². The summed E-state index contributed by atoms with van der Waals surface area (Å²) in [7, 11) is 0. The first-order valence-electron chi connectivity index (χ1n) is 6.17. The second-order valence-electron chi connectivity index (χ2n) is 4.88. The molecule has 0 saturated heterocycles. The number of aryl methyl sites for hydroxylation is 3. The first-order valence-corrected chi connectivity index (χ1v) is 6.17. The number of pyridine rings is 1. The number of hydrogen-bond acceptors (Lipinski definition) is 1. The number of benzene rings is 1. The van der Waals surface area contributed by atoms with Crippen LogP contribution in [-0.2, 0) is 0 Å². The van der Waals surface area contributed by atoms with Crippen molar-refractivity contribution < 1.29 is 0 Å². The molecule has 3 rings (SSSR count). The van der Waals surface area contributed by atoms with Crippen molar-refractivity contribution in [2.75, 3.05) is 0 Å². The van der Waals surface area contributed by atoms with Crippen LogP contribution in [0.1, 0.15) is 16.7 Å². The van der Waals surface area contributed by atoms with E-state index in [2.05, 4.69) is 55.1 Å². The molecule has 0 radical (unpaired) electrons. The molecule has 0 fully saturated rings. The van der Waals surface area contributed by atoms with Crippen molar-refractivity contribution in [3.05, 3.63) is 53.3 Å². The molecule has 2 heteroatoms. The summed E-state index contributed by atoms with van der Waals surface area (Å²) in [5.41, 5.74) is 8.55. The van der Waals surface area contributed by atoms with E-state index < -0.39 is 0 Å². The maximum atomic E-state index is 4.49. The van der Waals surface area contributed by atoms with Gasteiger partial charge in [-0.05, 0) is 49.6 Å². The number of aromatic amines is 1. The number of nitrogens with one attached hydrogen (secondary N) is 1. The number of nitrogens with zero attached hydrogens (tertiary/aromatic N) is 1. The van der Waals surface area contributed by atoms with Crippen LogP contribution in [0.25, 0.3) is 22.2 Å². The van der Waals surface area contributed by atoms with E-state index in [1.807, 2.05) is 12.3 Å². The van der Waals surface area contributed by atoms with Gasteiger partial charge in [-0.1, -0.05) is 17.7 Å². The molecule has 1 aromatic carbocycles. The van der Waals surface area contributed by atoms with Crippen LogP contribution in [0.3, 0.4) is 0 Å². The minimum Gasteiger partial charge on any atom is -0.359 e. The average molecular weight is 236 g/mol. The van der Waals surface area contributed by atoms with Crippen molar-refractivity contribution in [2.24, 2.45) is 0 Å². The summed E-state index contributed by atoms with van der Waals surface area (Å²) in [6, 6.07) is 8.47. The number of H-pyrrole nitrogens is 1. The zero-order valence-electron chi connectivity index (χ0n) is 10.9. The smallest absolute Gasteiger partial charge is 0.0957 e. The Balaban J connectivity index is 2.33. The molecular weight excluding hydrogens is 220 g/mol. The van der Waals surface area contributed by atoms with Gasteiger partial charge in [0.05, 0.1) is 11.0 Å². The van der Waals surface area contributed by atoms with Crippen LogP contribution in [0.15, 0.2) is 36.7 Å². The molecule has 0 amide bonds. The Labute approximate surface area is 107 Å². The van der Waals surface area contributed by atoms with Crippen molar-refractivity contribution in [1.29, 1.82) is 0 Å². The van der Waals surface area contributed by atoms with Crippen LogP contribution < -0.4 is 0 Å². The zero-order chi connectivity index (χ0) is 12.7. The molecular formula is C16H16N2. The van der Waals surface area contributed by atoms with E-state index in [-0.39, 0.29) is 0 Å². The molecule has 2 heterocycles. The third kappa shape index (κ3) is 1.61. The normalized spacial score (nSPS) is 11.1. The maximum Gasteiger partial charge on any atom is 0.0957 e. The lowest BCUT2D eigenvalue weighted by molar-refractivity contribution is 1.32. The van der Waals surface area contributed by atoms with E-state index in [4.69, 9.17) is 0 Å². The summed E-state index contributed by atoms with van der Waals surface area (Å²) in [4.78, 5) is 7.78. The summed E-state index contributed by atoms with van der Waals surface area (Å²) in [5, 5.41) is 0. The van der Waals surface area contributed by atoms with Gasteiger partial charge in [0.1, 0.15) is 0 Å². The van der Waals surface area contributed by atoms with Gasteiger partial charge in [0.2, 0.25) is 0 Å². The summed E-state index contributed by atoms with van der Waals surface area (Å²) in [6.45, 7) is 6.46. The predicted molar refractivity (Wildman–Crippen MR) is 75.7 cm³/mol. The van der Waals surface area contributed by atoms with E-state index in [0.717, 1.165) is 11.0 Å². The molecule has 1 N–H and O–H groups in total. The van der Waals surface area contributed by atoms with Crippen LogP contribution in [0, 0.1) is 20.8 Å². The third-order valence-corrected chi connectivity index (χ3v) is 3.38. The highest BCUT2D eigenvalue weighted by Crippen LogP contribution is 2.32. The quantitative estimate of drug-likeness (QED) is 0.675. The fourth-order valence-electron chi connectivity index (χ4n) is 2.75. The van der Waals surface area contributed by atoms with Gasteiger partial charge in [-0.25, -0.2) is 0 Å². The van der Waals surface area contributed by atoms with Gasteiger partial charge in [0.25, 0.3) is 0 Å². The van der Waals surface area contributed by atoms with Crippen LogP contribution >= 0.6 is 0 Å². The molecule has 18 heavy (non-hydrogen) atoms. The van der Waals surface area contributed by atoms with Crippen molar-refractivity contribution in [3.63, 3.8) is 0 Å². The third-order valence-electron chi connectivity index (χ3n) is 3.38. The highest BCUT2D eigenvalue weighted by atomic mass is 14.8. The Hall–Kier alpha value is -2.09. The molecule has 0 bridgehead atoms. The van der Waals surface area contributed by atoms with Crippen molar-refractivity contribution in [2.45, 2.75) is 20.8 Å². The zero-order valence-corrected chi connectivity index (χ0v) is 10.9. The minimum atomic E-state index is 1.05. The second-order valence-corrected chi connectivity index (χ2v) is 4.88. The van der Waals surface area contributed by atoms with Gasteiger partial charge < -0.3 is 4.98 Å². The van der Waals surface area contributed by atoms with E-state index in [9.17, 15) is 0 Å². The molecule has 0 unspecified atom stereocenters. The molecule has 0 aliphatic heterocycles. The van der Waals surface area contributed by atoms with E-state index in [1.54, 1.807) is 0 Å². The SMILES string of the molecule is Cc1cc(C)c(-c2c[nH]c3cccnc23)c(C)c1. The Bertz CT molecular complexity index is 700. The lowest BCUT2D eigenvalue weighted by Gasteiger charge is -2.10. The van der Waals surface area contributed by atoms with Gasteiger partial charge in [-0.2, -0.15) is 0 Å². The maximum absolute atomic E-state index is 4.49. The molecule has 2 aromatic heterocycles. The van der Waals surface area contributed by atoms with Gasteiger partial charge >= 0.3 is 0 Å². The molecule has 0 aliphatic rings. The fourth-order valence-corrected chi connectivity index (χ4v) is 2.75. The standard InChI is InChI=1S/C16H16N2/c1-10-7-11(2)15(12(3)8-10)13-9-18-14-5-4-6-17-16(13)14/h4-9,18H,1-3H3. The number of fused-ring (bicyclic) bond motifs is 1.